The summed E-state index contributed by atoms with van der Waals surface area (Å²) in [5.41, 5.74) is -1.21. The van der Waals surface area contributed by atoms with Crippen LogP contribution < -0.4 is 15.1 Å². The number of carbonyl (C=O) groups is 4. The van der Waals surface area contributed by atoms with Crippen LogP contribution in [0.1, 0.15) is 41.5 Å². The number of hydrogen-bond donors (Lipinski definition) is 3. The van der Waals surface area contributed by atoms with Crippen LogP contribution in [0.5, 0.6) is 0 Å². The lowest BCUT2D eigenvalue weighted by molar-refractivity contribution is -0.140. The molecule has 2 saturated heterocycles. The lowest BCUT2D eigenvalue weighted by Crippen LogP contribution is -2.61. The highest BCUT2D eigenvalue weighted by molar-refractivity contribution is 7.86. The standard InChI is InChI=1S/C19H27F2N3O6S.C18H25F2N3O4/c1-19(2,3)30-18(26)22-15(12-29-31(4,27)28)17(25)24-9-7-23(8-10-24)16-6-5-13(20)11-14(16)21;1-18(2,3)23(17(26)27)15(11-24)16(25)22-8-6-21(7-9-22)14-5-4-12(19)10-13(14)20/h5-6,11,15H,7-10,12H2,1-4H3,(H,22,26);4-5,10,15,24H,6-9,11H2,1-3H3,(H,26,27)/t2*15-/m00/s1. The smallest absolute Gasteiger partial charge is 0.408 e. The number of benzene rings is 2. The van der Waals surface area contributed by atoms with Gasteiger partial charge in [0.05, 0.1) is 30.8 Å². The molecule has 2 heterocycles. The van der Waals surface area contributed by atoms with Crippen LogP contribution in [0.25, 0.3) is 0 Å². The lowest BCUT2D eigenvalue weighted by Gasteiger charge is -2.42. The Balaban J connectivity index is 0.000000313. The lowest BCUT2D eigenvalue weighted by atomic mass is 10.0. The first-order valence-corrected chi connectivity index (χ1v) is 20.1. The van der Waals surface area contributed by atoms with E-state index in [2.05, 4.69) is 5.32 Å². The average molecular weight is 849 g/mol. The molecule has 3 N–H and O–H groups in total. The predicted molar refractivity (Wildman–Crippen MR) is 205 cm³/mol. The minimum absolute atomic E-state index is 0.182. The number of aliphatic hydroxyl groups excluding tert-OH is 1. The summed E-state index contributed by atoms with van der Waals surface area (Å²) in [5.74, 6) is -3.77. The summed E-state index contributed by atoms with van der Waals surface area (Å²) >= 11 is 0. The number of ether oxygens (including phenoxy) is 1. The number of halogens is 4. The van der Waals surface area contributed by atoms with Crippen LogP contribution in [0.15, 0.2) is 36.4 Å². The van der Waals surface area contributed by atoms with Gasteiger partial charge >= 0.3 is 12.2 Å². The first kappa shape index (κ1) is 47.5. The van der Waals surface area contributed by atoms with Gasteiger partial charge in [0.1, 0.15) is 41.0 Å². The molecule has 2 fully saturated rings. The molecule has 16 nitrogen and oxygen atoms in total. The Kier molecular flexibility index (Phi) is 16.1. The number of alkyl carbamates (subject to hydrolysis) is 1. The number of piperazine rings is 2. The van der Waals surface area contributed by atoms with E-state index in [9.17, 15) is 55.4 Å². The highest BCUT2D eigenvalue weighted by Crippen LogP contribution is 2.24. The van der Waals surface area contributed by atoms with Crippen molar-refractivity contribution >= 4 is 45.5 Å². The van der Waals surface area contributed by atoms with Gasteiger partial charge in [-0.1, -0.05) is 0 Å². The van der Waals surface area contributed by atoms with Gasteiger partial charge in [0, 0.05) is 70.0 Å². The fraction of sp³-hybridized carbons (Fsp3) is 0.568. The fourth-order valence-corrected chi connectivity index (χ4v) is 6.60. The predicted octanol–water partition coefficient (Wildman–Crippen LogP) is 3.24. The molecule has 4 amide bonds. The average Bonchev–Trinajstić information content (AvgIpc) is 3.10. The van der Waals surface area contributed by atoms with Gasteiger partial charge in [-0.2, -0.15) is 8.42 Å². The van der Waals surface area contributed by atoms with Gasteiger partial charge in [0.2, 0.25) is 11.8 Å². The molecule has 324 valence electrons. The molecular weight excluding hydrogens is 796 g/mol. The Labute approximate surface area is 335 Å². The summed E-state index contributed by atoms with van der Waals surface area (Å²) < 4.78 is 86.7. The number of carbonyl (C=O) groups excluding carboxylic acids is 3. The maximum atomic E-state index is 14.0. The molecule has 0 aliphatic carbocycles. The second-order valence-corrected chi connectivity index (χ2v) is 17.2. The molecule has 2 aliphatic rings. The van der Waals surface area contributed by atoms with E-state index in [1.54, 1.807) is 51.3 Å². The van der Waals surface area contributed by atoms with Gasteiger partial charge in [-0.3, -0.25) is 18.7 Å². The number of hydrogen-bond acceptors (Lipinski definition) is 11. The third-order valence-electron chi connectivity index (χ3n) is 8.82. The van der Waals surface area contributed by atoms with Gasteiger partial charge in [0.15, 0.2) is 0 Å². The van der Waals surface area contributed by atoms with E-state index in [4.69, 9.17) is 8.92 Å². The monoisotopic (exact) mass is 848 g/mol. The number of carboxylic acid groups (broad SMARTS) is 1. The van der Waals surface area contributed by atoms with Crippen molar-refractivity contribution in [1.29, 1.82) is 0 Å². The number of nitrogens with one attached hydrogen (secondary N) is 1. The Morgan fingerprint density at radius 1 is 0.776 bits per heavy atom. The van der Waals surface area contributed by atoms with Crippen molar-refractivity contribution in [3.8, 4) is 0 Å². The summed E-state index contributed by atoms with van der Waals surface area (Å²) in [6.07, 6.45) is -1.35. The molecule has 21 heteroatoms. The van der Waals surface area contributed by atoms with Crippen LogP contribution in [0.4, 0.5) is 38.5 Å². The zero-order valence-corrected chi connectivity index (χ0v) is 34.3. The molecule has 0 saturated carbocycles. The maximum absolute atomic E-state index is 14.0. The number of anilines is 2. The highest BCUT2D eigenvalue weighted by Gasteiger charge is 2.40. The van der Waals surface area contributed by atoms with Crippen LogP contribution in [0, 0.1) is 23.3 Å². The Hall–Kier alpha value is -4.89. The van der Waals surface area contributed by atoms with E-state index in [1.807, 2.05) is 0 Å². The van der Waals surface area contributed by atoms with E-state index >= 15 is 0 Å². The Bertz CT molecular complexity index is 1880. The third-order valence-corrected chi connectivity index (χ3v) is 9.38. The highest BCUT2D eigenvalue weighted by atomic mass is 32.2. The topological polar surface area (TPSA) is 190 Å². The minimum atomic E-state index is -3.85. The van der Waals surface area contributed by atoms with Gasteiger partial charge in [-0.05, 0) is 65.8 Å². The molecule has 58 heavy (non-hydrogen) atoms. The molecule has 4 rings (SSSR count). The molecule has 2 aromatic rings. The van der Waals surface area contributed by atoms with E-state index in [0.717, 1.165) is 29.4 Å². The molecule has 2 aliphatic heterocycles. The Morgan fingerprint density at radius 2 is 1.21 bits per heavy atom. The molecule has 0 spiro atoms. The molecule has 0 bridgehead atoms. The first-order chi connectivity index (χ1) is 26.8. The second kappa shape index (κ2) is 19.7. The van der Waals surface area contributed by atoms with Gasteiger partial charge in [-0.25, -0.2) is 27.2 Å². The second-order valence-electron chi connectivity index (χ2n) is 15.5. The SMILES string of the molecule is CC(C)(C)N(C(=O)O)[C@@H](CO)C(=O)N1CCN(c2ccc(F)cc2F)CC1.CC(C)(C)OC(=O)N[C@@H](COS(C)(=O)=O)C(=O)N1CCN(c2ccc(F)cc2F)CC1. The largest absolute Gasteiger partial charge is 0.465 e. The van der Waals surface area contributed by atoms with Gasteiger partial charge in [-0.15, -0.1) is 0 Å². The van der Waals surface area contributed by atoms with Crippen LogP contribution in [0.3, 0.4) is 0 Å². The molecule has 2 atom stereocenters. The number of nitrogens with zero attached hydrogens (tertiary/aromatic N) is 5. The molecular formula is C37H52F4N6O10S. The number of amides is 4. The van der Waals surface area contributed by atoms with E-state index in [1.165, 1.54) is 28.0 Å². The molecule has 0 radical (unpaired) electrons. The summed E-state index contributed by atoms with van der Waals surface area (Å²) in [6.45, 7) is 10.6. The normalized spacial score (nSPS) is 16.1. The number of aliphatic hydroxyl groups is 1. The van der Waals surface area contributed by atoms with Crippen molar-refractivity contribution in [3.63, 3.8) is 0 Å². The minimum Gasteiger partial charge on any atom is -0.465 e. The number of rotatable bonds is 10. The van der Waals surface area contributed by atoms with Crippen molar-refractivity contribution in [2.75, 3.05) is 81.6 Å². The molecule has 0 aromatic heterocycles. The van der Waals surface area contributed by atoms with Crippen LogP contribution in [-0.4, -0.2) is 152 Å². The zero-order chi connectivity index (χ0) is 43.7. The van der Waals surface area contributed by atoms with Gasteiger partial charge < -0.3 is 39.9 Å². The third kappa shape index (κ3) is 13.9. The maximum Gasteiger partial charge on any atom is 0.408 e. The van der Waals surface area contributed by atoms with Crippen molar-refractivity contribution in [1.82, 2.24) is 20.0 Å². The molecule has 2 aromatic carbocycles. The summed E-state index contributed by atoms with van der Waals surface area (Å²) in [7, 11) is -3.85. The summed E-state index contributed by atoms with van der Waals surface area (Å²) in [5, 5.41) is 21.5. The fourth-order valence-electron chi connectivity index (χ4n) is 6.22. The van der Waals surface area contributed by atoms with Crippen LogP contribution in [-0.2, 0) is 28.6 Å². The summed E-state index contributed by atoms with van der Waals surface area (Å²) in [4.78, 5) is 56.6. The quantitative estimate of drug-likeness (QED) is 0.234. The van der Waals surface area contributed by atoms with Crippen LogP contribution in [0.2, 0.25) is 0 Å². The Morgan fingerprint density at radius 3 is 1.55 bits per heavy atom. The van der Waals surface area contributed by atoms with Crippen molar-refractivity contribution in [2.24, 2.45) is 0 Å². The summed E-state index contributed by atoms with van der Waals surface area (Å²) in [6, 6.07) is 4.10. The first-order valence-electron chi connectivity index (χ1n) is 18.3. The zero-order valence-electron chi connectivity index (χ0n) is 33.5. The van der Waals surface area contributed by atoms with E-state index < -0.39 is 93.8 Å². The van der Waals surface area contributed by atoms with Crippen molar-refractivity contribution in [3.05, 3.63) is 59.7 Å². The molecule has 0 unspecified atom stereocenters. The van der Waals surface area contributed by atoms with E-state index in [0.29, 0.717) is 13.1 Å². The van der Waals surface area contributed by atoms with Gasteiger partial charge in [0.25, 0.3) is 10.1 Å². The van der Waals surface area contributed by atoms with E-state index in [-0.39, 0.29) is 50.6 Å². The van der Waals surface area contributed by atoms with Crippen molar-refractivity contribution < 1.29 is 64.3 Å². The van der Waals surface area contributed by atoms with Crippen molar-refractivity contribution in [2.45, 2.75) is 64.8 Å². The van der Waals surface area contributed by atoms with Crippen LogP contribution >= 0.6 is 0 Å².